The van der Waals surface area contributed by atoms with Crippen molar-refractivity contribution in [3.8, 4) is 0 Å². The minimum absolute atomic E-state index is 0.131. The van der Waals surface area contributed by atoms with Crippen LogP contribution in [0.4, 0.5) is 0 Å². The lowest BCUT2D eigenvalue weighted by atomic mass is 9.91. The zero-order valence-electron chi connectivity index (χ0n) is 19.7. The van der Waals surface area contributed by atoms with E-state index in [-0.39, 0.29) is 23.2 Å². The molecule has 35 heavy (non-hydrogen) atoms. The fourth-order valence-corrected chi connectivity index (χ4v) is 7.23. The van der Waals surface area contributed by atoms with Gasteiger partial charge in [0.1, 0.15) is 11.2 Å². The molecule has 3 aromatic rings. The lowest BCUT2D eigenvalue weighted by Crippen LogP contribution is -2.51. The number of benzene rings is 1. The molecule has 0 spiro atoms. The number of imide groups is 1. The first-order valence-electron chi connectivity index (χ1n) is 12.3. The third-order valence-corrected chi connectivity index (χ3v) is 9.24. The average Bonchev–Trinajstić information content (AvgIpc) is 3.39. The predicted octanol–water partition coefficient (Wildman–Crippen LogP) is 3.93. The molecule has 3 aliphatic rings. The molecule has 0 aliphatic carbocycles. The number of fused-ring (bicyclic) bond motifs is 2. The van der Waals surface area contributed by atoms with Gasteiger partial charge in [-0.1, -0.05) is 18.2 Å². The first-order chi connectivity index (χ1) is 17.0. The number of rotatable bonds is 4. The van der Waals surface area contributed by atoms with E-state index >= 15 is 0 Å². The second-order valence-electron chi connectivity index (χ2n) is 9.88. The maximum atomic E-state index is 12.5. The Hall–Kier alpha value is -2.33. The minimum Gasteiger partial charge on any atom is -0.299 e. The highest BCUT2D eigenvalue weighted by Crippen LogP contribution is 2.41. The Morgan fingerprint density at radius 3 is 2.80 bits per heavy atom. The summed E-state index contributed by atoms with van der Waals surface area (Å²) in [5.74, 6) is 0.0908. The largest absolute Gasteiger partial charge is 0.299 e. The van der Waals surface area contributed by atoms with Gasteiger partial charge in [-0.3, -0.25) is 24.7 Å². The molecular weight excluding hydrogens is 478 g/mol. The Kier molecular flexibility index (Phi) is 6.12. The zero-order valence-corrected chi connectivity index (χ0v) is 21.4. The third kappa shape index (κ3) is 4.28. The van der Waals surface area contributed by atoms with Crippen LogP contribution < -0.4 is 5.32 Å². The number of amides is 2. The Morgan fingerprint density at radius 2 is 2.00 bits per heavy atom. The van der Waals surface area contributed by atoms with Crippen LogP contribution in [0.3, 0.4) is 0 Å². The summed E-state index contributed by atoms with van der Waals surface area (Å²) in [5.41, 5.74) is 4.98. The Bertz CT molecular complexity index is 1300. The average molecular weight is 508 g/mol. The molecule has 7 nitrogen and oxygen atoms in total. The van der Waals surface area contributed by atoms with E-state index in [9.17, 15) is 9.59 Å². The van der Waals surface area contributed by atoms with Crippen molar-refractivity contribution in [2.75, 3.05) is 13.1 Å². The summed E-state index contributed by atoms with van der Waals surface area (Å²) in [6.45, 7) is 5.79. The van der Waals surface area contributed by atoms with Gasteiger partial charge in [-0.15, -0.1) is 11.3 Å². The normalized spacial score (nSPS) is 24.2. The molecule has 0 saturated carbocycles. The number of carbonyl (C=O) groups excluding carboxylic acids is 2. The van der Waals surface area contributed by atoms with Crippen molar-refractivity contribution in [1.82, 2.24) is 25.1 Å². The molecule has 2 aromatic heterocycles. The van der Waals surface area contributed by atoms with Crippen molar-refractivity contribution < 1.29 is 9.59 Å². The van der Waals surface area contributed by atoms with Gasteiger partial charge >= 0.3 is 0 Å². The summed E-state index contributed by atoms with van der Waals surface area (Å²) in [5, 5.41) is 3.59. The summed E-state index contributed by atoms with van der Waals surface area (Å²) in [7, 11) is 0. The van der Waals surface area contributed by atoms with E-state index in [1.165, 1.54) is 32.6 Å². The second-order valence-corrected chi connectivity index (χ2v) is 11.6. The molecule has 2 amide bonds. The van der Waals surface area contributed by atoms with Crippen LogP contribution in [0.25, 0.3) is 10.2 Å². The Balaban J connectivity index is 1.14. The highest BCUT2D eigenvalue weighted by Gasteiger charge is 2.40. The Labute approximate surface area is 214 Å². The van der Waals surface area contributed by atoms with Gasteiger partial charge in [0, 0.05) is 35.7 Å². The number of hydrogen-bond donors (Lipinski definition) is 2. The number of piperidine rings is 2. The fourth-order valence-electron chi connectivity index (χ4n) is 5.89. The molecule has 0 bridgehead atoms. The molecule has 2 atom stereocenters. The quantitative estimate of drug-likeness (QED) is 0.412. The highest BCUT2D eigenvalue weighted by atomic mass is 32.1. The minimum atomic E-state index is -0.309. The summed E-state index contributed by atoms with van der Waals surface area (Å²) in [4.78, 5) is 40.3. The van der Waals surface area contributed by atoms with Gasteiger partial charge in [0.25, 0.3) is 0 Å². The van der Waals surface area contributed by atoms with E-state index in [0.717, 1.165) is 37.3 Å². The number of likely N-dealkylation sites (tertiary alicyclic amines) is 1. The molecule has 5 heterocycles. The van der Waals surface area contributed by atoms with Crippen molar-refractivity contribution in [2.24, 2.45) is 0 Å². The molecule has 1 aromatic carbocycles. The number of nitrogens with one attached hydrogen (secondary N) is 1. The SMILES string of the molecule is Cc1cc2c(C3CCN(Cc4cccc5c4CN(C4CCC(=O)NC4=O)C5S)CC3)ncnc2s1. The fraction of sp³-hybridized carbons (Fsp3) is 0.462. The van der Waals surface area contributed by atoms with Crippen LogP contribution in [0.2, 0.25) is 0 Å². The van der Waals surface area contributed by atoms with Gasteiger partial charge in [-0.25, -0.2) is 9.97 Å². The van der Waals surface area contributed by atoms with Crippen LogP contribution in [0.5, 0.6) is 0 Å². The van der Waals surface area contributed by atoms with Crippen LogP contribution in [-0.2, 0) is 22.7 Å². The molecule has 9 heteroatoms. The van der Waals surface area contributed by atoms with Gasteiger partial charge in [0.05, 0.1) is 17.1 Å². The van der Waals surface area contributed by atoms with Crippen molar-refractivity contribution in [3.05, 3.63) is 57.9 Å². The lowest BCUT2D eigenvalue weighted by molar-refractivity contribution is -0.137. The van der Waals surface area contributed by atoms with Crippen molar-refractivity contribution >= 4 is 46.0 Å². The molecule has 2 saturated heterocycles. The van der Waals surface area contributed by atoms with Crippen molar-refractivity contribution in [1.29, 1.82) is 0 Å². The lowest BCUT2D eigenvalue weighted by Gasteiger charge is -2.32. The van der Waals surface area contributed by atoms with E-state index in [2.05, 4.69) is 56.3 Å². The van der Waals surface area contributed by atoms with E-state index in [4.69, 9.17) is 12.6 Å². The van der Waals surface area contributed by atoms with Gasteiger partial charge in [0.15, 0.2) is 0 Å². The van der Waals surface area contributed by atoms with E-state index in [1.807, 2.05) is 0 Å². The predicted molar refractivity (Wildman–Crippen MR) is 139 cm³/mol. The second kappa shape index (κ2) is 9.28. The number of carbonyl (C=O) groups is 2. The number of hydrogen-bond acceptors (Lipinski definition) is 8. The van der Waals surface area contributed by atoms with Gasteiger partial charge < -0.3 is 0 Å². The maximum absolute atomic E-state index is 12.5. The van der Waals surface area contributed by atoms with Crippen LogP contribution in [0, 0.1) is 6.92 Å². The Morgan fingerprint density at radius 1 is 1.17 bits per heavy atom. The van der Waals surface area contributed by atoms with Gasteiger partial charge in [-0.2, -0.15) is 12.6 Å². The topological polar surface area (TPSA) is 78.4 Å². The number of aromatic nitrogens is 2. The first-order valence-corrected chi connectivity index (χ1v) is 13.6. The standard InChI is InChI=1S/C26H29N5O2S2/c1-15-11-19-23(27-14-28-25(19)35-15)16-7-9-30(10-8-16)12-17-3-2-4-18-20(17)13-31(26(18)34)21-5-6-22(32)29-24(21)33/h2-4,11,14,16,21,26,34H,5-10,12-13H2,1H3,(H,29,32,33). The van der Waals surface area contributed by atoms with Crippen molar-refractivity contribution in [2.45, 2.75) is 63.0 Å². The highest BCUT2D eigenvalue weighted by molar-refractivity contribution is 7.80. The molecule has 1 N–H and O–H groups in total. The van der Waals surface area contributed by atoms with E-state index in [1.54, 1.807) is 17.7 Å². The van der Waals surface area contributed by atoms with Gasteiger partial charge in [-0.05, 0) is 62.0 Å². The molecule has 2 unspecified atom stereocenters. The molecular formula is C26H29N5O2S2. The summed E-state index contributed by atoms with van der Waals surface area (Å²) < 4.78 is 0. The molecule has 182 valence electrons. The molecule has 0 radical (unpaired) electrons. The molecule has 3 aliphatic heterocycles. The van der Waals surface area contributed by atoms with Gasteiger partial charge in [0.2, 0.25) is 11.8 Å². The summed E-state index contributed by atoms with van der Waals surface area (Å²) >= 11 is 6.61. The number of thiophene rings is 1. The first kappa shape index (κ1) is 23.1. The monoisotopic (exact) mass is 507 g/mol. The van der Waals surface area contributed by atoms with Crippen LogP contribution in [0.1, 0.15) is 64.2 Å². The third-order valence-electron chi connectivity index (χ3n) is 7.70. The smallest absolute Gasteiger partial charge is 0.243 e. The molecule has 2 fully saturated rings. The number of nitrogens with zero attached hydrogens (tertiary/aromatic N) is 4. The summed E-state index contributed by atoms with van der Waals surface area (Å²) in [6, 6.07) is 8.36. The molecule has 6 rings (SSSR count). The maximum Gasteiger partial charge on any atom is 0.243 e. The van der Waals surface area contributed by atoms with Crippen LogP contribution in [0.15, 0.2) is 30.6 Å². The van der Waals surface area contributed by atoms with E-state index < -0.39 is 0 Å². The zero-order chi connectivity index (χ0) is 24.1. The van der Waals surface area contributed by atoms with Crippen LogP contribution >= 0.6 is 24.0 Å². The van der Waals surface area contributed by atoms with Crippen molar-refractivity contribution in [3.63, 3.8) is 0 Å². The van der Waals surface area contributed by atoms with Crippen LogP contribution in [-0.4, -0.2) is 50.7 Å². The van der Waals surface area contributed by atoms with E-state index in [0.29, 0.717) is 25.3 Å². The number of aryl methyl sites for hydroxylation is 1. The summed E-state index contributed by atoms with van der Waals surface area (Å²) in [6.07, 6.45) is 4.84. The number of thiol groups is 1.